The van der Waals surface area contributed by atoms with Crippen LogP contribution in [0.3, 0.4) is 0 Å². The van der Waals surface area contributed by atoms with Gasteiger partial charge in [0, 0.05) is 37.0 Å². The largest absolute Gasteiger partial charge is 0.465 e. The molecule has 0 amide bonds. The number of carbonyl (C=O) groups is 1. The van der Waals surface area contributed by atoms with Crippen LogP contribution in [-0.4, -0.2) is 47.8 Å². The monoisotopic (exact) mass is 365 g/mol. The van der Waals surface area contributed by atoms with Crippen LogP contribution < -0.4 is 4.90 Å². The average molecular weight is 366 g/mol. The molecule has 1 rings (SSSR count). The highest BCUT2D eigenvalue weighted by molar-refractivity contribution is 6.18. The predicted octanol–water partition coefficient (Wildman–Crippen LogP) is 2.57. The van der Waals surface area contributed by atoms with Crippen LogP contribution in [0.15, 0.2) is 12.1 Å². The lowest BCUT2D eigenvalue weighted by atomic mass is 10.1. The lowest BCUT2D eigenvalue weighted by Crippen LogP contribution is -2.29. The van der Waals surface area contributed by atoms with Crippen LogP contribution in [0.1, 0.15) is 10.4 Å². The fourth-order valence-corrected chi connectivity index (χ4v) is 2.39. The van der Waals surface area contributed by atoms with Gasteiger partial charge in [0.1, 0.15) is 0 Å². The molecule has 0 radical (unpaired) electrons. The van der Waals surface area contributed by atoms with E-state index in [-0.39, 0.29) is 36.1 Å². The number of methoxy groups -OCH3 is 1. The number of nitrogens with zero attached hydrogens (tertiary/aromatic N) is 3. The van der Waals surface area contributed by atoms with Gasteiger partial charge in [0.25, 0.3) is 0 Å². The zero-order valence-corrected chi connectivity index (χ0v) is 13.5. The van der Waals surface area contributed by atoms with Gasteiger partial charge >= 0.3 is 17.3 Å². The highest BCUT2D eigenvalue weighted by Gasteiger charge is 2.32. The molecular weight excluding hydrogens is 353 g/mol. The molecule has 0 saturated carbocycles. The van der Waals surface area contributed by atoms with Crippen molar-refractivity contribution < 1.29 is 19.4 Å². The minimum atomic E-state index is -0.913. The quantitative estimate of drug-likeness (QED) is 0.300. The second-order valence-electron chi connectivity index (χ2n) is 4.23. The maximum Gasteiger partial charge on any atom is 0.338 e. The number of nitro groups is 2. The van der Waals surface area contributed by atoms with E-state index < -0.39 is 27.2 Å². The molecule has 11 heteroatoms. The molecule has 0 bridgehead atoms. The van der Waals surface area contributed by atoms with Gasteiger partial charge in [-0.25, -0.2) is 4.79 Å². The Hall–Kier alpha value is -2.13. The number of halogens is 2. The molecule has 126 valence electrons. The number of nitro benzene ring substituents is 2. The van der Waals surface area contributed by atoms with Gasteiger partial charge < -0.3 is 9.64 Å². The lowest BCUT2D eigenvalue weighted by Gasteiger charge is -2.22. The van der Waals surface area contributed by atoms with Gasteiger partial charge in [0.05, 0.1) is 22.5 Å². The Balaban J connectivity index is 3.66. The van der Waals surface area contributed by atoms with Crippen molar-refractivity contribution in [1.29, 1.82) is 0 Å². The third-order valence-corrected chi connectivity index (χ3v) is 3.25. The van der Waals surface area contributed by atoms with Crippen LogP contribution in [0, 0.1) is 20.2 Å². The maximum atomic E-state index is 11.6. The van der Waals surface area contributed by atoms with E-state index in [4.69, 9.17) is 23.2 Å². The van der Waals surface area contributed by atoms with Crippen LogP contribution in [0.4, 0.5) is 17.1 Å². The highest BCUT2D eigenvalue weighted by atomic mass is 35.5. The highest BCUT2D eigenvalue weighted by Crippen LogP contribution is 2.39. The van der Waals surface area contributed by atoms with Gasteiger partial charge in [-0.15, -0.1) is 23.2 Å². The van der Waals surface area contributed by atoms with E-state index in [0.29, 0.717) is 0 Å². The van der Waals surface area contributed by atoms with E-state index in [1.165, 1.54) is 4.90 Å². The topological polar surface area (TPSA) is 116 Å². The molecule has 0 fully saturated rings. The molecule has 0 saturated heterocycles. The minimum absolute atomic E-state index is 0.0873. The zero-order valence-electron chi connectivity index (χ0n) is 12.0. The molecule has 1 aromatic carbocycles. The Morgan fingerprint density at radius 1 is 1.13 bits per heavy atom. The molecule has 0 aliphatic carbocycles. The first-order valence-electron chi connectivity index (χ1n) is 6.29. The summed E-state index contributed by atoms with van der Waals surface area (Å²) >= 11 is 11.3. The molecular formula is C12H13Cl2N3O6. The molecule has 0 aromatic heterocycles. The summed E-state index contributed by atoms with van der Waals surface area (Å²) in [5.41, 5.74) is -1.70. The maximum absolute atomic E-state index is 11.6. The van der Waals surface area contributed by atoms with Crippen molar-refractivity contribution in [2.45, 2.75) is 0 Å². The van der Waals surface area contributed by atoms with Gasteiger partial charge in [0.15, 0.2) is 5.69 Å². The Bertz CT molecular complexity index is 584. The molecule has 0 atom stereocenters. The first kappa shape index (κ1) is 18.9. The van der Waals surface area contributed by atoms with Gasteiger partial charge in [-0.3, -0.25) is 20.2 Å². The number of hydrogen-bond donors (Lipinski definition) is 0. The predicted molar refractivity (Wildman–Crippen MR) is 84.7 cm³/mol. The molecule has 0 N–H and O–H groups in total. The Morgan fingerprint density at radius 3 is 1.87 bits per heavy atom. The summed E-state index contributed by atoms with van der Waals surface area (Å²) in [5.74, 6) is -0.738. The third-order valence-electron chi connectivity index (χ3n) is 2.91. The third kappa shape index (κ3) is 4.42. The molecule has 0 aliphatic heterocycles. The summed E-state index contributed by atoms with van der Waals surface area (Å²) in [4.78, 5) is 33.9. The number of ether oxygens (including phenoxy) is 1. The van der Waals surface area contributed by atoms with Crippen molar-refractivity contribution in [3.05, 3.63) is 37.9 Å². The standard InChI is InChI=1S/C12H13Cl2N3O6/c1-23-12(18)8-6-9(16(19)20)11(10(7-8)17(21)22)15(4-2-13)5-3-14/h6-7H,2-5H2,1H3. The Kier molecular flexibility index (Phi) is 6.98. The number of carbonyl (C=O) groups excluding carboxylic acids is 1. The Morgan fingerprint density at radius 2 is 1.57 bits per heavy atom. The Labute approximate surface area is 141 Å². The lowest BCUT2D eigenvalue weighted by molar-refractivity contribution is -0.392. The molecule has 0 spiro atoms. The molecule has 0 unspecified atom stereocenters. The van der Waals surface area contributed by atoms with Crippen LogP contribution in [0.25, 0.3) is 0 Å². The smallest absolute Gasteiger partial charge is 0.338 e. The fraction of sp³-hybridized carbons (Fsp3) is 0.417. The average Bonchev–Trinajstić information content (AvgIpc) is 2.52. The second-order valence-corrected chi connectivity index (χ2v) is 4.99. The molecule has 1 aromatic rings. The van der Waals surface area contributed by atoms with Crippen molar-refractivity contribution in [3.63, 3.8) is 0 Å². The van der Waals surface area contributed by atoms with Crippen molar-refractivity contribution in [2.24, 2.45) is 0 Å². The van der Waals surface area contributed by atoms with Crippen LogP contribution in [0.5, 0.6) is 0 Å². The number of anilines is 1. The van der Waals surface area contributed by atoms with Gasteiger partial charge in [-0.2, -0.15) is 0 Å². The van der Waals surface area contributed by atoms with E-state index >= 15 is 0 Å². The summed E-state index contributed by atoms with van der Waals surface area (Å²) in [6.45, 7) is 0.237. The summed E-state index contributed by atoms with van der Waals surface area (Å²) in [6, 6.07) is 1.87. The first-order valence-corrected chi connectivity index (χ1v) is 7.36. The number of rotatable bonds is 8. The van der Waals surface area contributed by atoms with Crippen molar-refractivity contribution in [2.75, 3.05) is 36.9 Å². The first-order chi connectivity index (χ1) is 10.9. The normalized spacial score (nSPS) is 10.2. The molecule has 0 aliphatic rings. The summed E-state index contributed by atoms with van der Waals surface area (Å²) in [5, 5.41) is 22.6. The van der Waals surface area contributed by atoms with E-state index in [9.17, 15) is 25.0 Å². The van der Waals surface area contributed by atoms with Crippen LogP contribution >= 0.6 is 23.2 Å². The molecule has 0 heterocycles. The summed E-state index contributed by atoms with van der Waals surface area (Å²) < 4.78 is 4.46. The molecule has 9 nitrogen and oxygen atoms in total. The van der Waals surface area contributed by atoms with Gasteiger partial charge in [0.2, 0.25) is 0 Å². The zero-order chi connectivity index (χ0) is 17.6. The van der Waals surface area contributed by atoms with Gasteiger partial charge in [-0.05, 0) is 0 Å². The minimum Gasteiger partial charge on any atom is -0.465 e. The second kappa shape index (κ2) is 8.49. The van der Waals surface area contributed by atoms with Crippen LogP contribution in [0.2, 0.25) is 0 Å². The van der Waals surface area contributed by atoms with E-state index in [1.807, 2.05) is 0 Å². The molecule has 23 heavy (non-hydrogen) atoms. The number of hydrogen-bond acceptors (Lipinski definition) is 7. The van der Waals surface area contributed by atoms with Gasteiger partial charge in [-0.1, -0.05) is 0 Å². The fourth-order valence-electron chi connectivity index (χ4n) is 1.98. The number of alkyl halides is 2. The summed E-state index contributed by atoms with van der Waals surface area (Å²) in [7, 11) is 1.07. The van der Waals surface area contributed by atoms with E-state index in [1.54, 1.807) is 0 Å². The van der Waals surface area contributed by atoms with E-state index in [0.717, 1.165) is 19.2 Å². The summed E-state index contributed by atoms with van der Waals surface area (Å²) in [6.07, 6.45) is 0. The van der Waals surface area contributed by atoms with Crippen molar-refractivity contribution in [1.82, 2.24) is 0 Å². The number of benzene rings is 1. The van der Waals surface area contributed by atoms with Crippen molar-refractivity contribution in [3.8, 4) is 0 Å². The van der Waals surface area contributed by atoms with Crippen LogP contribution in [-0.2, 0) is 4.74 Å². The SMILES string of the molecule is COC(=O)c1cc([N+](=O)[O-])c(N(CCCl)CCCl)c([N+](=O)[O-])c1. The van der Waals surface area contributed by atoms with E-state index in [2.05, 4.69) is 4.74 Å². The number of esters is 1. The van der Waals surface area contributed by atoms with Crippen molar-refractivity contribution >= 4 is 46.2 Å².